The van der Waals surface area contributed by atoms with Crippen molar-refractivity contribution in [1.29, 1.82) is 0 Å². The highest BCUT2D eigenvalue weighted by Gasteiger charge is 2.26. The number of hydrogen-bond donors (Lipinski definition) is 1. The van der Waals surface area contributed by atoms with Crippen molar-refractivity contribution in [1.82, 2.24) is 10.3 Å². The Hall–Kier alpha value is -1.40. The summed E-state index contributed by atoms with van der Waals surface area (Å²) in [5.41, 5.74) is 2.32. The number of likely N-dealkylation sites (N-methyl/N-ethyl adjacent to an activating group) is 1. The molecular formula is C16H21N3OS2. The van der Waals surface area contributed by atoms with Crippen molar-refractivity contribution in [2.24, 2.45) is 4.99 Å². The highest BCUT2D eigenvalue weighted by atomic mass is 32.2. The fraction of sp³-hybridized carbons (Fsp3) is 0.438. The maximum atomic E-state index is 11.6. The Morgan fingerprint density at radius 2 is 2.18 bits per heavy atom. The molecule has 3 rings (SSSR count). The average Bonchev–Trinajstić information content (AvgIpc) is 3.21. The second-order valence-electron chi connectivity index (χ2n) is 4.55. The lowest BCUT2D eigenvalue weighted by molar-refractivity contribution is -0.121. The molecule has 1 amide bonds. The highest BCUT2D eigenvalue weighted by molar-refractivity contribution is 8.15. The highest BCUT2D eigenvalue weighted by Crippen LogP contribution is 2.30. The summed E-state index contributed by atoms with van der Waals surface area (Å²) in [5, 5.41) is 4.45. The molecule has 2 aromatic rings. The Morgan fingerprint density at radius 3 is 2.86 bits per heavy atom. The van der Waals surface area contributed by atoms with Crippen molar-refractivity contribution in [3.8, 4) is 0 Å². The number of aryl methyl sites for hydroxylation is 1. The van der Waals surface area contributed by atoms with Gasteiger partial charge in [0.25, 0.3) is 0 Å². The first-order valence-electron chi connectivity index (χ1n) is 7.53. The van der Waals surface area contributed by atoms with E-state index in [0.29, 0.717) is 5.75 Å². The Balaban J connectivity index is 0.000000847. The van der Waals surface area contributed by atoms with Crippen molar-refractivity contribution < 1.29 is 4.79 Å². The van der Waals surface area contributed by atoms with E-state index in [1.807, 2.05) is 13.8 Å². The van der Waals surface area contributed by atoms with Crippen LogP contribution >= 0.6 is 23.1 Å². The quantitative estimate of drug-likeness (QED) is 0.934. The van der Waals surface area contributed by atoms with Gasteiger partial charge in [0.1, 0.15) is 16.1 Å². The number of rotatable bonds is 3. The number of aliphatic imine (C=N–C) groups is 1. The predicted molar refractivity (Wildman–Crippen MR) is 97.2 cm³/mol. The molecule has 1 unspecified atom stereocenters. The van der Waals surface area contributed by atoms with E-state index in [1.165, 1.54) is 10.3 Å². The second-order valence-corrected chi connectivity index (χ2v) is 6.59. The van der Waals surface area contributed by atoms with Gasteiger partial charge in [0, 0.05) is 12.8 Å². The van der Waals surface area contributed by atoms with Crippen LogP contribution in [-0.2, 0) is 11.2 Å². The Labute approximate surface area is 139 Å². The Morgan fingerprint density at radius 1 is 1.41 bits per heavy atom. The summed E-state index contributed by atoms with van der Waals surface area (Å²) in [6, 6.07) is 6.08. The average molecular weight is 335 g/mol. The fourth-order valence-electron chi connectivity index (χ4n) is 2.07. The zero-order valence-corrected chi connectivity index (χ0v) is 15.0. The van der Waals surface area contributed by atoms with Gasteiger partial charge in [-0.15, -0.1) is 23.1 Å². The molecule has 0 aliphatic carbocycles. The number of carbonyl (C=O) groups excluding carboxylic acids is 1. The summed E-state index contributed by atoms with van der Waals surface area (Å²) >= 11 is 3.26. The lowest BCUT2D eigenvalue weighted by atomic mass is 10.2. The normalized spacial score (nSPS) is 16.9. The van der Waals surface area contributed by atoms with E-state index in [-0.39, 0.29) is 11.9 Å². The third kappa shape index (κ3) is 3.50. The first kappa shape index (κ1) is 17.0. The van der Waals surface area contributed by atoms with Gasteiger partial charge in [0.15, 0.2) is 0 Å². The monoisotopic (exact) mass is 335 g/mol. The molecule has 0 fully saturated rings. The number of hydrogen-bond acceptors (Lipinski definition) is 5. The predicted octanol–water partition coefficient (Wildman–Crippen LogP) is 3.49. The van der Waals surface area contributed by atoms with Crippen LogP contribution in [0.15, 0.2) is 23.2 Å². The first-order chi connectivity index (χ1) is 10.7. The van der Waals surface area contributed by atoms with Gasteiger partial charge in [-0.25, -0.2) is 4.98 Å². The molecule has 1 aromatic carbocycles. The summed E-state index contributed by atoms with van der Waals surface area (Å²) in [7, 11) is 1.64. The van der Waals surface area contributed by atoms with Crippen LogP contribution in [0.2, 0.25) is 0 Å². The molecule has 1 aromatic heterocycles. The van der Waals surface area contributed by atoms with E-state index in [9.17, 15) is 4.79 Å². The standard InChI is InChI=1S/C14H15N3OS2.C2H6/c1-3-8-4-5-9-11(6-8)20-14(16-9)13-17-10(7-19-13)12(18)15-2;1-2/h4-6,10H,3,7H2,1-2H3,(H,15,18);1-2H3. The van der Waals surface area contributed by atoms with Crippen LogP contribution in [0, 0.1) is 0 Å². The van der Waals surface area contributed by atoms with Crippen LogP contribution in [0.5, 0.6) is 0 Å². The molecule has 22 heavy (non-hydrogen) atoms. The third-order valence-corrected chi connectivity index (χ3v) is 5.45. The molecule has 4 nitrogen and oxygen atoms in total. The van der Waals surface area contributed by atoms with Crippen LogP contribution in [0.3, 0.4) is 0 Å². The molecule has 0 radical (unpaired) electrons. The minimum Gasteiger partial charge on any atom is -0.357 e. The zero-order chi connectivity index (χ0) is 16.1. The largest absolute Gasteiger partial charge is 0.357 e. The third-order valence-electron chi connectivity index (χ3n) is 3.24. The van der Waals surface area contributed by atoms with Crippen molar-refractivity contribution >= 4 is 44.3 Å². The number of benzene rings is 1. The number of carbonyl (C=O) groups is 1. The van der Waals surface area contributed by atoms with Gasteiger partial charge in [0.2, 0.25) is 5.91 Å². The molecular weight excluding hydrogens is 314 g/mol. The van der Waals surface area contributed by atoms with Crippen molar-refractivity contribution in [2.45, 2.75) is 33.2 Å². The van der Waals surface area contributed by atoms with Crippen LogP contribution in [0.4, 0.5) is 0 Å². The van der Waals surface area contributed by atoms with Crippen molar-refractivity contribution in [3.63, 3.8) is 0 Å². The summed E-state index contributed by atoms with van der Waals surface area (Å²) < 4.78 is 1.19. The maximum absolute atomic E-state index is 11.6. The van der Waals surface area contributed by atoms with Crippen molar-refractivity contribution in [2.75, 3.05) is 12.8 Å². The van der Waals surface area contributed by atoms with E-state index in [2.05, 4.69) is 40.4 Å². The molecule has 1 aliphatic rings. The molecule has 0 bridgehead atoms. The maximum Gasteiger partial charge on any atom is 0.245 e. The van der Waals surface area contributed by atoms with Crippen LogP contribution < -0.4 is 5.32 Å². The van der Waals surface area contributed by atoms with Crippen LogP contribution in [0.1, 0.15) is 31.3 Å². The summed E-state index contributed by atoms with van der Waals surface area (Å²) in [6.45, 7) is 6.15. The lowest BCUT2D eigenvalue weighted by Crippen LogP contribution is -2.30. The van der Waals surface area contributed by atoms with Crippen molar-refractivity contribution in [3.05, 3.63) is 28.8 Å². The fourth-order valence-corrected chi connectivity index (χ4v) is 4.21. The number of amides is 1. The minimum absolute atomic E-state index is 0.0260. The van der Waals surface area contributed by atoms with Crippen LogP contribution in [0.25, 0.3) is 10.2 Å². The lowest BCUT2D eigenvalue weighted by Gasteiger charge is -2.01. The Kier molecular flexibility index (Phi) is 5.97. The van der Waals surface area contributed by atoms with Gasteiger partial charge in [-0.3, -0.25) is 9.79 Å². The summed E-state index contributed by atoms with van der Waals surface area (Å²) in [5.74, 6) is 0.674. The molecule has 6 heteroatoms. The second kappa shape index (κ2) is 7.74. The number of aromatic nitrogens is 1. The molecule has 0 saturated heterocycles. The number of nitrogens with zero attached hydrogens (tertiary/aromatic N) is 2. The topological polar surface area (TPSA) is 54.4 Å². The van der Waals surface area contributed by atoms with E-state index in [1.54, 1.807) is 30.1 Å². The van der Waals surface area contributed by atoms with Gasteiger partial charge in [-0.1, -0.05) is 26.8 Å². The van der Waals surface area contributed by atoms with Gasteiger partial charge < -0.3 is 5.32 Å². The number of fused-ring (bicyclic) bond motifs is 1. The smallest absolute Gasteiger partial charge is 0.245 e. The summed E-state index contributed by atoms with van der Waals surface area (Å²) in [6.07, 6.45) is 1.03. The summed E-state index contributed by atoms with van der Waals surface area (Å²) in [4.78, 5) is 20.7. The van der Waals surface area contributed by atoms with E-state index >= 15 is 0 Å². The molecule has 1 N–H and O–H groups in total. The molecule has 1 atom stereocenters. The number of thiazole rings is 1. The van der Waals surface area contributed by atoms with Gasteiger partial charge in [0.05, 0.1) is 10.2 Å². The zero-order valence-electron chi connectivity index (χ0n) is 13.3. The Bertz CT molecular complexity index is 694. The number of thioether (sulfide) groups is 1. The van der Waals surface area contributed by atoms with E-state index < -0.39 is 0 Å². The molecule has 2 heterocycles. The molecule has 0 saturated carbocycles. The first-order valence-corrected chi connectivity index (χ1v) is 9.33. The number of nitrogens with one attached hydrogen (secondary N) is 1. The molecule has 118 valence electrons. The van der Waals surface area contributed by atoms with Crippen LogP contribution in [-0.4, -0.2) is 34.8 Å². The SMILES string of the molecule is CC.CCc1ccc2nc(C3=NC(C(=O)NC)CS3)sc2c1. The van der Waals surface area contributed by atoms with E-state index in [0.717, 1.165) is 22.0 Å². The van der Waals surface area contributed by atoms with Gasteiger partial charge in [-0.2, -0.15) is 0 Å². The molecule has 0 spiro atoms. The van der Waals surface area contributed by atoms with Gasteiger partial charge >= 0.3 is 0 Å². The molecule has 1 aliphatic heterocycles. The minimum atomic E-state index is -0.279. The van der Waals surface area contributed by atoms with E-state index in [4.69, 9.17) is 0 Å². The van der Waals surface area contributed by atoms with Gasteiger partial charge in [-0.05, 0) is 24.1 Å².